The number of piperidine rings is 1. The highest BCUT2D eigenvalue weighted by atomic mass is 35.5. The maximum atomic E-state index is 12.9. The van der Waals surface area contributed by atoms with Crippen molar-refractivity contribution in [3.63, 3.8) is 0 Å². The van der Waals surface area contributed by atoms with Crippen LogP contribution in [0.5, 0.6) is 0 Å². The van der Waals surface area contributed by atoms with Crippen molar-refractivity contribution in [2.24, 2.45) is 0 Å². The Labute approximate surface area is 180 Å². The number of hydrogen-bond donors (Lipinski definition) is 1. The Balaban J connectivity index is 1.51. The molecule has 28 heavy (non-hydrogen) atoms. The summed E-state index contributed by atoms with van der Waals surface area (Å²) in [5, 5.41) is 6.38. The summed E-state index contributed by atoms with van der Waals surface area (Å²) in [5.74, 6) is 0. The summed E-state index contributed by atoms with van der Waals surface area (Å²) in [6.45, 7) is 2.05. The molecule has 1 aromatic heterocycles. The number of carbonyl (C=O) groups is 1. The molecular formula is C21H25Cl2N3OS. The van der Waals surface area contributed by atoms with Crippen LogP contribution in [0.2, 0.25) is 10.0 Å². The van der Waals surface area contributed by atoms with Gasteiger partial charge in [-0.3, -0.25) is 0 Å². The van der Waals surface area contributed by atoms with Crippen LogP contribution in [-0.4, -0.2) is 49.1 Å². The minimum absolute atomic E-state index is 0.0263. The summed E-state index contributed by atoms with van der Waals surface area (Å²) < 4.78 is 0. The van der Waals surface area contributed by atoms with Crippen molar-refractivity contribution in [3.8, 4) is 10.4 Å². The first-order valence-corrected chi connectivity index (χ1v) is 11.3. The lowest BCUT2D eigenvalue weighted by Gasteiger charge is -2.36. The second kappa shape index (κ2) is 7.86. The quantitative estimate of drug-likeness (QED) is 0.690. The van der Waals surface area contributed by atoms with Gasteiger partial charge in [-0.05, 0) is 62.8 Å². The zero-order chi connectivity index (χ0) is 19.9. The molecule has 4 rings (SSSR count). The Bertz CT molecular complexity index is 859. The molecule has 2 heterocycles. The Kier molecular flexibility index (Phi) is 5.62. The van der Waals surface area contributed by atoms with Crippen molar-refractivity contribution in [3.05, 3.63) is 45.3 Å². The number of carbonyl (C=O) groups excluding carboxylic acids is 1. The Morgan fingerprint density at radius 1 is 1.21 bits per heavy atom. The molecule has 2 amide bonds. The number of amides is 2. The summed E-state index contributed by atoms with van der Waals surface area (Å²) in [4.78, 5) is 18.2. The van der Waals surface area contributed by atoms with E-state index in [4.69, 9.17) is 23.2 Å². The van der Waals surface area contributed by atoms with E-state index < -0.39 is 5.54 Å². The molecule has 1 aliphatic carbocycles. The molecule has 0 radical (unpaired) electrons. The summed E-state index contributed by atoms with van der Waals surface area (Å²) >= 11 is 14.9. The number of nitrogens with one attached hydrogen (secondary N) is 1. The maximum absolute atomic E-state index is 12.9. The van der Waals surface area contributed by atoms with Crippen molar-refractivity contribution in [2.45, 2.75) is 37.3 Å². The Morgan fingerprint density at radius 2 is 1.93 bits per heavy atom. The lowest BCUT2D eigenvalue weighted by Crippen LogP contribution is -2.50. The van der Waals surface area contributed by atoms with Gasteiger partial charge in [-0.25, -0.2) is 4.79 Å². The number of nitrogens with zero attached hydrogens (tertiary/aromatic N) is 2. The molecule has 2 aliphatic rings. The lowest BCUT2D eigenvalue weighted by atomic mass is 10.0. The summed E-state index contributed by atoms with van der Waals surface area (Å²) in [6, 6.07) is 8.33. The van der Waals surface area contributed by atoms with Gasteiger partial charge in [0.1, 0.15) is 0 Å². The van der Waals surface area contributed by atoms with Crippen LogP contribution in [0.25, 0.3) is 10.4 Å². The first-order chi connectivity index (χ1) is 13.4. The predicted molar refractivity (Wildman–Crippen MR) is 118 cm³/mol. The standard InChI is InChI=1S/C21H25Cl2N3OS/c1-25-11-7-14(8-12-25)26(2)20(27)24-21(9-10-21)16-6-5-15(18(22)19(16)23)17-4-3-13-28-17/h3-6,13-14H,7-12H2,1-2H3,(H,24,27). The highest BCUT2D eigenvalue weighted by Gasteiger charge is 2.48. The number of urea groups is 1. The zero-order valence-electron chi connectivity index (χ0n) is 16.2. The van der Waals surface area contributed by atoms with E-state index in [2.05, 4.69) is 17.3 Å². The number of benzene rings is 1. The lowest BCUT2D eigenvalue weighted by molar-refractivity contribution is 0.144. The van der Waals surface area contributed by atoms with Crippen molar-refractivity contribution in [1.82, 2.24) is 15.1 Å². The molecule has 1 N–H and O–H groups in total. The fourth-order valence-corrected chi connectivity index (χ4v) is 5.40. The van der Waals surface area contributed by atoms with Crippen LogP contribution in [0.4, 0.5) is 4.79 Å². The Morgan fingerprint density at radius 3 is 2.54 bits per heavy atom. The van der Waals surface area contributed by atoms with Crippen LogP contribution >= 0.6 is 34.5 Å². The summed E-state index contributed by atoms with van der Waals surface area (Å²) in [6.07, 6.45) is 3.79. The molecule has 1 aromatic carbocycles. The van der Waals surface area contributed by atoms with Gasteiger partial charge >= 0.3 is 6.03 Å². The van der Waals surface area contributed by atoms with Gasteiger partial charge in [0.15, 0.2) is 0 Å². The van der Waals surface area contributed by atoms with Crippen LogP contribution in [0.3, 0.4) is 0 Å². The molecule has 2 aromatic rings. The van der Waals surface area contributed by atoms with Gasteiger partial charge in [-0.2, -0.15) is 0 Å². The number of thiophene rings is 1. The van der Waals surface area contributed by atoms with Crippen molar-refractivity contribution >= 4 is 40.6 Å². The third-order valence-corrected chi connectivity index (χ3v) is 7.82. The second-order valence-corrected chi connectivity index (χ2v) is 9.63. The first kappa shape index (κ1) is 20.0. The van der Waals surface area contributed by atoms with Crippen molar-refractivity contribution in [1.29, 1.82) is 0 Å². The molecule has 0 unspecified atom stereocenters. The van der Waals surface area contributed by atoms with Gasteiger partial charge in [0.05, 0.1) is 15.6 Å². The molecule has 1 saturated heterocycles. The van der Waals surface area contributed by atoms with Crippen LogP contribution in [-0.2, 0) is 5.54 Å². The van der Waals surface area contributed by atoms with Crippen LogP contribution in [0.1, 0.15) is 31.2 Å². The molecule has 0 bridgehead atoms. The zero-order valence-corrected chi connectivity index (χ0v) is 18.5. The number of hydrogen-bond acceptors (Lipinski definition) is 3. The molecule has 1 saturated carbocycles. The monoisotopic (exact) mass is 437 g/mol. The molecule has 0 atom stereocenters. The number of halogens is 2. The highest BCUT2D eigenvalue weighted by Crippen LogP contribution is 2.51. The van der Waals surface area contributed by atoms with E-state index in [1.165, 1.54) is 0 Å². The van der Waals surface area contributed by atoms with E-state index in [1.807, 2.05) is 41.6 Å². The van der Waals surface area contributed by atoms with E-state index in [9.17, 15) is 4.79 Å². The molecule has 2 fully saturated rings. The van der Waals surface area contributed by atoms with E-state index >= 15 is 0 Å². The molecule has 7 heteroatoms. The Hall–Kier alpha value is -1.27. The number of likely N-dealkylation sites (tertiary alicyclic amines) is 1. The third-order valence-electron chi connectivity index (χ3n) is 6.04. The average Bonchev–Trinajstić information content (AvgIpc) is 3.25. The fraction of sp³-hybridized carbons (Fsp3) is 0.476. The predicted octanol–water partition coefficient (Wildman–Crippen LogP) is 5.45. The van der Waals surface area contributed by atoms with E-state index in [0.717, 1.165) is 54.8 Å². The first-order valence-electron chi connectivity index (χ1n) is 9.67. The highest BCUT2D eigenvalue weighted by molar-refractivity contribution is 7.13. The molecule has 4 nitrogen and oxygen atoms in total. The third kappa shape index (κ3) is 3.78. The van der Waals surface area contributed by atoms with Gasteiger partial charge in [0.25, 0.3) is 0 Å². The van der Waals surface area contributed by atoms with Gasteiger partial charge in [0.2, 0.25) is 0 Å². The van der Waals surface area contributed by atoms with Gasteiger partial charge in [-0.15, -0.1) is 11.3 Å². The van der Waals surface area contributed by atoms with Crippen molar-refractivity contribution in [2.75, 3.05) is 27.2 Å². The van der Waals surface area contributed by atoms with E-state index in [0.29, 0.717) is 10.0 Å². The van der Waals surface area contributed by atoms with Crippen LogP contribution in [0, 0.1) is 0 Å². The maximum Gasteiger partial charge on any atom is 0.318 e. The van der Waals surface area contributed by atoms with Gasteiger partial charge in [-0.1, -0.05) is 41.4 Å². The van der Waals surface area contributed by atoms with Gasteiger partial charge in [0, 0.05) is 23.5 Å². The topological polar surface area (TPSA) is 35.6 Å². The van der Waals surface area contributed by atoms with E-state index in [-0.39, 0.29) is 12.1 Å². The molecule has 150 valence electrons. The summed E-state index contributed by atoms with van der Waals surface area (Å²) in [5.41, 5.74) is 1.46. The van der Waals surface area contributed by atoms with Crippen molar-refractivity contribution < 1.29 is 4.79 Å². The van der Waals surface area contributed by atoms with Crippen LogP contribution in [0.15, 0.2) is 29.6 Å². The molecule has 0 spiro atoms. The fourth-order valence-electron chi connectivity index (χ4n) is 3.97. The normalized spacial score (nSPS) is 19.4. The number of rotatable bonds is 4. The average molecular weight is 438 g/mol. The summed E-state index contributed by atoms with van der Waals surface area (Å²) in [7, 11) is 4.02. The van der Waals surface area contributed by atoms with Crippen LogP contribution < -0.4 is 5.32 Å². The second-order valence-electron chi connectivity index (χ2n) is 7.92. The largest absolute Gasteiger partial charge is 0.328 e. The smallest absolute Gasteiger partial charge is 0.318 e. The molecular weight excluding hydrogens is 413 g/mol. The SMILES string of the molecule is CN1CCC(N(C)C(=O)NC2(c3ccc(-c4cccs4)c(Cl)c3Cl)CC2)CC1. The minimum atomic E-state index is -0.397. The van der Waals surface area contributed by atoms with E-state index in [1.54, 1.807) is 11.3 Å². The minimum Gasteiger partial charge on any atom is -0.328 e. The van der Waals surface area contributed by atoms with Gasteiger partial charge < -0.3 is 15.1 Å². The molecule has 1 aliphatic heterocycles.